The van der Waals surface area contributed by atoms with Crippen LogP contribution in [0, 0.1) is 0 Å². The number of nitrogens with zero attached hydrogens (tertiary/aromatic N) is 2. The molecule has 104 valence electrons. The van der Waals surface area contributed by atoms with Crippen molar-refractivity contribution in [3.8, 4) is 0 Å². The lowest BCUT2D eigenvalue weighted by Crippen LogP contribution is -2.48. The number of nitrogens with one attached hydrogen (secondary N) is 1. The predicted octanol–water partition coefficient (Wildman–Crippen LogP) is 0.533. The second-order valence-electron chi connectivity index (χ2n) is 6.12. The van der Waals surface area contributed by atoms with Gasteiger partial charge < -0.3 is 10.1 Å². The van der Waals surface area contributed by atoms with E-state index < -0.39 is 0 Å². The molecule has 0 aromatic carbocycles. The van der Waals surface area contributed by atoms with E-state index in [0.29, 0.717) is 6.04 Å². The molecule has 4 nitrogen and oxygen atoms in total. The number of ether oxygens (including phenoxy) is 1. The van der Waals surface area contributed by atoms with Gasteiger partial charge in [-0.05, 0) is 32.7 Å². The van der Waals surface area contributed by atoms with Gasteiger partial charge in [0.25, 0.3) is 0 Å². The van der Waals surface area contributed by atoms with Gasteiger partial charge in [-0.25, -0.2) is 0 Å². The van der Waals surface area contributed by atoms with Crippen LogP contribution in [0.25, 0.3) is 0 Å². The highest BCUT2D eigenvalue weighted by Gasteiger charge is 2.33. The van der Waals surface area contributed by atoms with Gasteiger partial charge in [0.05, 0.1) is 13.2 Å². The van der Waals surface area contributed by atoms with Gasteiger partial charge in [-0.1, -0.05) is 0 Å². The fourth-order valence-corrected chi connectivity index (χ4v) is 3.78. The maximum absolute atomic E-state index is 5.45. The Morgan fingerprint density at radius 2 is 1.83 bits per heavy atom. The molecule has 0 saturated carbocycles. The molecule has 0 spiro atoms. The molecule has 3 atom stereocenters. The Morgan fingerprint density at radius 1 is 1.00 bits per heavy atom. The molecular weight excluding hydrogens is 226 g/mol. The van der Waals surface area contributed by atoms with Gasteiger partial charge >= 0.3 is 0 Å². The predicted molar refractivity (Wildman–Crippen MR) is 72.9 cm³/mol. The summed E-state index contributed by atoms with van der Waals surface area (Å²) in [5.41, 5.74) is 0. The standard InChI is InChI=1S/C14H27N3O/c1-12-10-13(2-4-15-12)17-5-3-14(11-17)16-6-8-18-9-7-16/h12-15H,2-11H2,1H3. The van der Waals surface area contributed by atoms with Crippen molar-refractivity contribution in [2.45, 2.75) is 44.3 Å². The molecule has 0 aliphatic carbocycles. The molecule has 0 aromatic heterocycles. The van der Waals surface area contributed by atoms with E-state index in [1.54, 1.807) is 0 Å². The zero-order valence-electron chi connectivity index (χ0n) is 11.6. The van der Waals surface area contributed by atoms with Crippen LogP contribution in [-0.4, -0.2) is 73.9 Å². The largest absolute Gasteiger partial charge is 0.379 e. The molecule has 3 aliphatic heterocycles. The van der Waals surface area contributed by atoms with E-state index in [9.17, 15) is 0 Å². The molecule has 0 amide bonds. The van der Waals surface area contributed by atoms with Gasteiger partial charge in [-0.3, -0.25) is 9.80 Å². The van der Waals surface area contributed by atoms with Crippen LogP contribution in [0.3, 0.4) is 0 Å². The maximum atomic E-state index is 5.45. The summed E-state index contributed by atoms with van der Waals surface area (Å²) in [5.74, 6) is 0. The average molecular weight is 253 g/mol. The normalized spacial score (nSPS) is 40.2. The highest BCUT2D eigenvalue weighted by molar-refractivity contribution is 4.90. The van der Waals surface area contributed by atoms with Gasteiger partial charge in [-0.15, -0.1) is 0 Å². The van der Waals surface area contributed by atoms with Gasteiger partial charge in [0.2, 0.25) is 0 Å². The molecule has 18 heavy (non-hydrogen) atoms. The summed E-state index contributed by atoms with van der Waals surface area (Å²) in [6.07, 6.45) is 4.02. The van der Waals surface area contributed by atoms with Gasteiger partial charge in [0, 0.05) is 44.3 Å². The number of hydrogen-bond donors (Lipinski definition) is 1. The lowest BCUT2D eigenvalue weighted by Gasteiger charge is -2.36. The molecule has 0 radical (unpaired) electrons. The molecular formula is C14H27N3O. The summed E-state index contributed by atoms with van der Waals surface area (Å²) in [4.78, 5) is 5.39. The Hall–Kier alpha value is -0.160. The average Bonchev–Trinajstić information content (AvgIpc) is 2.89. The van der Waals surface area contributed by atoms with Crippen molar-refractivity contribution in [1.82, 2.24) is 15.1 Å². The minimum atomic E-state index is 0.700. The molecule has 4 heteroatoms. The third-order valence-electron chi connectivity index (χ3n) is 4.87. The number of likely N-dealkylation sites (tertiary alicyclic amines) is 1. The molecule has 3 aliphatic rings. The first kappa shape index (κ1) is 12.9. The highest BCUT2D eigenvalue weighted by atomic mass is 16.5. The van der Waals surface area contributed by atoms with Crippen molar-refractivity contribution in [1.29, 1.82) is 0 Å². The number of hydrogen-bond acceptors (Lipinski definition) is 4. The summed E-state index contributed by atoms with van der Waals surface area (Å²) >= 11 is 0. The van der Waals surface area contributed by atoms with Crippen LogP contribution in [0.4, 0.5) is 0 Å². The van der Waals surface area contributed by atoms with E-state index in [0.717, 1.165) is 38.4 Å². The van der Waals surface area contributed by atoms with E-state index >= 15 is 0 Å². The molecule has 3 heterocycles. The van der Waals surface area contributed by atoms with E-state index in [-0.39, 0.29) is 0 Å². The lowest BCUT2D eigenvalue weighted by atomic mass is 9.99. The summed E-state index contributed by atoms with van der Waals surface area (Å²) < 4.78 is 5.45. The second-order valence-corrected chi connectivity index (χ2v) is 6.12. The molecule has 1 N–H and O–H groups in total. The molecule has 3 rings (SSSR count). The van der Waals surface area contributed by atoms with Crippen molar-refractivity contribution in [2.75, 3.05) is 45.9 Å². The van der Waals surface area contributed by atoms with Crippen LogP contribution in [-0.2, 0) is 4.74 Å². The molecule has 0 bridgehead atoms. The topological polar surface area (TPSA) is 27.7 Å². The zero-order valence-corrected chi connectivity index (χ0v) is 11.6. The minimum Gasteiger partial charge on any atom is -0.379 e. The first-order chi connectivity index (χ1) is 8.83. The summed E-state index contributed by atoms with van der Waals surface area (Å²) in [7, 11) is 0. The molecule has 3 saturated heterocycles. The lowest BCUT2D eigenvalue weighted by molar-refractivity contribution is 0.0170. The SMILES string of the molecule is CC1CC(N2CCC(N3CCOCC3)C2)CCN1. The van der Waals surface area contributed by atoms with Crippen LogP contribution >= 0.6 is 0 Å². The number of rotatable bonds is 2. The fourth-order valence-electron chi connectivity index (χ4n) is 3.78. The van der Waals surface area contributed by atoms with Crippen molar-refractivity contribution < 1.29 is 4.74 Å². The first-order valence-corrected chi connectivity index (χ1v) is 7.62. The molecule has 3 unspecified atom stereocenters. The van der Waals surface area contributed by atoms with Crippen molar-refractivity contribution in [3.63, 3.8) is 0 Å². The van der Waals surface area contributed by atoms with Crippen molar-refractivity contribution >= 4 is 0 Å². The van der Waals surface area contributed by atoms with Crippen molar-refractivity contribution in [3.05, 3.63) is 0 Å². The summed E-state index contributed by atoms with van der Waals surface area (Å²) in [6.45, 7) is 10.3. The zero-order chi connectivity index (χ0) is 12.4. The van der Waals surface area contributed by atoms with Crippen LogP contribution in [0.5, 0.6) is 0 Å². The highest BCUT2D eigenvalue weighted by Crippen LogP contribution is 2.23. The van der Waals surface area contributed by atoms with Gasteiger partial charge in [0.15, 0.2) is 0 Å². The van der Waals surface area contributed by atoms with E-state index in [4.69, 9.17) is 4.74 Å². The van der Waals surface area contributed by atoms with Crippen LogP contribution in [0.15, 0.2) is 0 Å². The Balaban J connectivity index is 1.51. The second kappa shape index (κ2) is 5.87. The van der Waals surface area contributed by atoms with E-state index in [1.807, 2.05) is 0 Å². The minimum absolute atomic E-state index is 0.700. The summed E-state index contributed by atoms with van der Waals surface area (Å²) in [5, 5.41) is 3.56. The number of morpholine rings is 1. The van der Waals surface area contributed by atoms with Gasteiger partial charge in [-0.2, -0.15) is 0 Å². The Kier molecular flexibility index (Phi) is 4.19. The fraction of sp³-hybridized carbons (Fsp3) is 1.00. The maximum Gasteiger partial charge on any atom is 0.0594 e. The van der Waals surface area contributed by atoms with Crippen LogP contribution < -0.4 is 5.32 Å². The Bertz CT molecular complexity index is 268. The first-order valence-electron chi connectivity index (χ1n) is 7.62. The van der Waals surface area contributed by atoms with E-state index in [2.05, 4.69) is 22.0 Å². The molecule has 0 aromatic rings. The Morgan fingerprint density at radius 3 is 2.61 bits per heavy atom. The van der Waals surface area contributed by atoms with Crippen LogP contribution in [0.2, 0.25) is 0 Å². The molecule has 3 fully saturated rings. The van der Waals surface area contributed by atoms with E-state index in [1.165, 1.54) is 38.9 Å². The van der Waals surface area contributed by atoms with Crippen molar-refractivity contribution in [2.24, 2.45) is 0 Å². The summed E-state index contributed by atoms with van der Waals surface area (Å²) in [6, 6.07) is 2.32. The van der Waals surface area contributed by atoms with Gasteiger partial charge in [0.1, 0.15) is 0 Å². The third-order valence-corrected chi connectivity index (χ3v) is 4.87. The van der Waals surface area contributed by atoms with Crippen LogP contribution in [0.1, 0.15) is 26.2 Å². The quantitative estimate of drug-likeness (QED) is 0.777. The Labute approximate surface area is 111 Å². The monoisotopic (exact) mass is 253 g/mol. The number of piperidine rings is 1. The smallest absolute Gasteiger partial charge is 0.0594 e. The third kappa shape index (κ3) is 2.87.